The lowest BCUT2D eigenvalue weighted by Gasteiger charge is -2.46. The lowest BCUT2D eigenvalue weighted by atomic mass is 9.77. The summed E-state index contributed by atoms with van der Waals surface area (Å²) in [5.41, 5.74) is 2.03. The third-order valence-corrected chi connectivity index (χ3v) is 8.30. The predicted molar refractivity (Wildman–Crippen MR) is 108 cm³/mol. The van der Waals surface area contributed by atoms with Gasteiger partial charge >= 0.3 is 5.97 Å². The zero-order chi connectivity index (χ0) is 19.7. The first-order valence-electron chi connectivity index (χ1n) is 9.41. The van der Waals surface area contributed by atoms with Gasteiger partial charge in [-0.1, -0.05) is 18.7 Å². The minimum absolute atomic E-state index is 0.0897. The number of carboxylic acids is 1. The molecule has 0 saturated carbocycles. The first-order valence-corrected chi connectivity index (χ1v) is 11.2. The number of carbonyl (C=O) groups excluding carboxylic acids is 1. The molecule has 4 atom stereocenters. The third-order valence-electron chi connectivity index (χ3n) is 6.07. The fraction of sp³-hybridized carbons (Fsp3) is 0.526. The summed E-state index contributed by atoms with van der Waals surface area (Å²) in [4.78, 5) is 34.9. The molecule has 0 aliphatic carbocycles. The summed E-state index contributed by atoms with van der Waals surface area (Å²) in [6, 6.07) is 1.81. The van der Waals surface area contributed by atoms with E-state index >= 15 is 0 Å². The number of thiophene rings is 1. The van der Waals surface area contributed by atoms with Gasteiger partial charge in [-0.25, -0.2) is 4.79 Å². The van der Waals surface area contributed by atoms with Gasteiger partial charge in [-0.15, -0.1) is 11.3 Å². The Morgan fingerprint density at radius 3 is 2.79 bits per heavy atom. The molecule has 1 aromatic rings. The van der Waals surface area contributed by atoms with Crippen LogP contribution in [0.25, 0.3) is 5.57 Å². The molecule has 5 heterocycles. The van der Waals surface area contributed by atoms with Crippen LogP contribution in [0.4, 0.5) is 0 Å². The molecule has 0 unspecified atom stereocenters. The summed E-state index contributed by atoms with van der Waals surface area (Å²) in [6.07, 6.45) is -0.780. The van der Waals surface area contributed by atoms with Crippen LogP contribution in [0.5, 0.6) is 0 Å². The van der Waals surface area contributed by atoms with E-state index in [0.717, 1.165) is 41.0 Å². The van der Waals surface area contributed by atoms with Crippen molar-refractivity contribution in [3.8, 4) is 0 Å². The lowest BCUT2D eigenvalue weighted by Crippen LogP contribution is -2.63. The minimum Gasteiger partial charge on any atom is -0.477 e. The monoisotopic (exact) mass is 419 g/mol. The van der Waals surface area contributed by atoms with Crippen molar-refractivity contribution in [3.63, 3.8) is 0 Å². The van der Waals surface area contributed by atoms with Crippen LogP contribution in [0.3, 0.4) is 0 Å². The molecule has 1 fully saturated rings. The van der Waals surface area contributed by atoms with Gasteiger partial charge in [0.15, 0.2) is 5.17 Å². The van der Waals surface area contributed by atoms with Gasteiger partial charge < -0.3 is 20.0 Å². The molecule has 0 spiro atoms. The number of carboxylic acid groups (broad SMARTS) is 1. The van der Waals surface area contributed by atoms with E-state index in [0.29, 0.717) is 0 Å². The van der Waals surface area contributed by atoms with Crippen LogP contribution in [0.1, 0.15) is 29.2 Å². The number of hydrogen-bond donors (Lipinski definition) is 2. The lowest BCUT2D eigenvalue weighted by molar-refractivity contribution is -0.163. The fourth-order valence-electron chi connectivity index (χ4n) is 4.85. The highest BCUT2D eigenvalue weighted by Crippen LogP contribution is 2.52. The number of β-lactam (4-membered cyclic amide) rings is 1. The zero-order valence-electron chi connectivity index (χ0n) is 15.6. The molecule has 9 heteroatoms. The number of amides is 1. The molecule has 0 radical (unpaired) electrons. The largest absolute Gasteiger partial charge is 0.477 e. The molecule has 2 N–H and O–H groups in total. The molecule has 148 valence electrons. The Morgan fingerprint density at radius 2 is 2.18 bits per heavy atom. The molecule has 4 aliphatic heterocycles. The van der Waals surface area contributed by atoms with Gasteiger partial charge in [0.1, 0.15) is 5.70 Å². The van der Waals surface area contributed by atoms with Crippen LogP contribution >= 0.6 is 23.1 Å². The first-order chi connectivity index (χ1) is 13.4. The van der Waals surface area contributed by atoms with E-state index in [9.17, 15) is 19.8 Å². The number of aliphatic imine (C=N–C) groups is 1. The highest BCUT2D eigenvalue weighted by Gasteiger charge is 2.60. The number of carbonyl (C=O) groups is 2. The van der Waals surface area contributed by atoms with E-state index < -0.39 is 18.0 Å². The van der Waals surface area contributed by atoms with Crippen LogP contribution in [0.15, 0.2) is 16.8 Å². The average molecular weight is 420 g/mol. The number of nitrogens with zero attached hydrogens (tertiary/aromatic N) is 3. The summed E-state index contributed by atoms with van der Waals surface area (Å²) in [5, 5.41) is 20.9. The van der Waals surface area contributed by atoms with E-state index in [4.69, 9.17) is 0 Å². The van der Waals surface area contributed by atoms with Crippen LogP contribution in [0, 0.1) is 11.8 Å². The van der Waals surface area contributed by atoms with Crippen molar-refractivity contribution in [2.75, 3.05) is 12.3 Å². The molecule has 28 heavy (non-hydrogen) atoms. The van der Waals surface area contributed by atoms with E-state index in [1.807, 2.05) is 6.92 Å². The van der Waals surface area contributed by atoms with Crippen LogP contribution in [0.2, 0.25) is 0 Å². The molecule has 1 aromatic heterocycles. The van der Waals surface area contributed by atoms with Crippen molar-refractivity contribution >= 4 is 45.7 Å². The van der Waals surface area contributed by atoms with E-state index in [1.165, 1.54) is 15.3 Å². The molecule has 1 amide bonds. The van der Waals surface area contributed by atoms with Crippen molar-refractivity contribution in [2.24, 2.45) is 16.8 Å². The Bertz CT molecular complexity index is 927. The van der Waals surface area contributed by atoms with E-state index in [1.54, 1.807) is 30.0 Å². The molecule has 0 aromatic carbocycles. The number of hydrogen-bond acceptors (Lipinski definition) is 7. The van der Waals surface area contributed by atoms with Crippen LogP contribution < -0.4 is 0 Å². The minimum atomic E-state index is -1.08. The number of fused-ring (bicyclic) bond motifs is 2. The molecular formula is C19H21N3O4S2. The van der Waals surface area contributed by atoms with E-state index in [2.05, 4.69) is 16.0 Å². The quantitative estimate of drug-likeness (QED) is 0.726. The Kier molecular flexibility index (Phi) is 4.12. The van der Waals surface area contributed by atoms with Crippen LogP contribution in [-0.2, 0) is 22.7 Å². The molecular weight excluding hydrogens is 398 g/mol. The smallest absolute Gasteiger partial charge is 0.352 e. The maximum atomic E-state index is 12.5. The molecule has 7 nitrogen and oxygen atoms in total. The molecule has 5 rings (SSSR count). The van der Waals surface area contributed by atoms with Gasteiger partial charge in [0.25, 0.3) is 0 Å². The van der Waals surface area contributed by atoms with Gasteiger partial charge in [0.05, 0.1) is 31.2 Å². The maximum absolute atomic E-state index is 12.5. The number of aliphatic hydroxyl groups is 1. The maximum Gasteiger partial charge on any atom is 0.352 e. The zero-order valence-corrected chi connectivity index (χ0v) is 17.2. The highest BCUT2D eigenvalue weighted by atomic mass is 32.2. The third kappa shape index (κ3) is 2.42. The van der Waals surface area contributed by atoms with Crippen molar-refractivity contribution in [2.45, 2.75) is 39.1 Å². The number of thioether (sulfide) groups is 1. The molecule has 0 bridgehead atoms. The second-order valence-corrected chi connectivity index (χ2v) is 9.95. The first kappa shape index (κ1) is 18.2. The standard InChI is InChI=1S/C19H21N3O4S2/c1-8-13(16(18(25)26)22-15(8)14(9(2)23)17(22)24)11-5-10-6-21(7-12(10)28-11)19-20-3-4-27-19/h5,8-9,14-15,23H,3-4,6-7H2,1-2H3,(H,25,26)/t8-,9+,14+,15+/m0/s1. The SMILES string of the molecule is C[C@@H](O)[C@H]1C(=O)N2C(C(=O)O)=C(c3cc4c(s3)CN(C3=NCCS3)C4)[C@H](C)[C@H]12. The van der Waals surface area contributed by atoms with E-state index in [-0.39, 0.29) is 23.6 Å². The number of aliphatic hydroxyl groups excluding tert-OH is 1. The normalized spacial score (nSPS) is 29.8. The summed E-state index contributed by atoms with van der Waals surface area (Å²) in [7, 11) is 0. The van der Waals surface area contributed by atoms with Crippen molar-refractivity contribution in [3.05, 3.63) is 27.1 Å². The Balaban J connectivity index is 1.48. The van der Waals surface area contributed by atoms with Gasteiger partial charge in [-0.3, -0.25) is 9.79 Å². The number of amidine groups is 1. The number of aliphatic carboxylic acids is 1. The molecule has 4 aliphatic rings. The Labute approximate surface area is 170 Å². The Morgan fingerprint density at radius 1 is 1.39 bits per heavy atom. The second-order valence-electron chi connectivity index (χ2n) is 7.75. The average Bonchev–Trinajstić information content (AvgIpc) is 3.34. The topological polar surface area (TPSA) is 93.4 Å². The van der Waals surface area contributed by atoms with Crippen molar-refractivity contribution in [1.82, 2.24) is 9.80 Å². The van der Waals surface area contributed by atoms with Gasteiger partial charge in [-0.05, 0) is 18.6 Å². The summed E-state index contributed by atoms with van der Waals surface area (Å²) >= 11 is 3.41. The molecule has 1 saturated heterocycles. The predicted octanol–water partition coefficient (Wildman–Crippen LogP) is 1.82. The van der Waals surface area contributed by atoms with Gasteiger partial charge in [-0.2, -0.15) is 0 Å². The Hall–Kier alpha value is -1.84. The van der Waals surface area contributed by atoms with Crippen molar-refractivity contribution in [1.29, 1.82) is 0 Å². The van der Waals surface area contributed by atoms with Gasteiger partial charge in [0.2, 0.25) is 5.91 Å². The van der Waals surface area contributed by atoms with Crippen molar-refractivity contribution < 1.29 is 19.8 Å². The van der Waals surface area contributed by atoms with Gasteiger partial charge in [0, 0.05) is 33.5 Å². The summed E-state index contributed by atoms with van der Waals surface area (Å²) in [6.45, 7) is 6.04. The fourth-order valence-corrected chi connectivity index (χ4v) is 7.04. The second kappa shape index (κ2) is 6.33. The summed E-state index contributed by atoms with van der Waals surface area (Å²) in [5.74, 6) is -0.971. The van der Waals surface area contributed by atoms with Crippen LogP contribution in [-0.4, -0.2) is 61.5 Å². The number of rotatable bonds is 3. The summed E-state index contributed by atoms with van der Waals surface area (Å²) < 4.78 is 0. The highest BCUT2D eigenvalue weighted by molar-refractivity contribution is 8.14.